The third-order valence-corrected chi connectivity index (χ3v) is 7.17. The molecule has 0 amide bonds. The van der Waals surface area contributed by atoms with Crippen molar-refractivity contribution in [2.45, 2.75) is 31.5 Å². The second-order valence-electron chi connectivity index (χ2n) is 10.3. The molecule has 0 bridgehead atoms. The fraction of sp³-hybridized carbons (Fsp3) is 0.267. The smallest absolute Gasteiger partial charge is 0.388 e. The molecule has 0 saturated carbocycles. The summed E-state index contributed by atoms with van der Waals surface area (Å²) in [5, 5.41) is 24.6. The highest BCUT2D eigenvalue weighted by molar-refractivity contribution is 5.55. The third kappa shape index (κ3) is 5.36. The van der Waals surface area contributed by atoms with E-state index in [0.717, 1.165) is 11.1 Å². The molecular formula is C30H25F2N5O2. The van der Waals surface area contributed by atoms with Gasteiger partial charge in [0.1, 0.15) is 11.5 Å². The minimum Gasteiger partial charge on any atom is -0.388 e. The number of nitriles is 2. The van der Waals surface area contributed by atoms with Crippen LogP contribution in [0, 0.1) is 34.4 Å². The number of alkyl halides is 1. The van der Waals surface area contributed by atoms with Crippen molar-refractivity contribution in [3.8, 4) is 23.6 Å². The number of H-pyrrole nitrogens is 1. The molecule has 3 aromatic carbocycles. The molecule has 1 aliphatic heterocycles. The highest BCUT2D eigenvalue weighted by Crippen LogP contribution is 2.46. The number of halogens is 2. The lowest BCUT2D eigenvalue weighted by atomic mass is 9.72. The van der Waals surface area contributed by atoms with Crippen LogP contribution in [0.1, 0.15) is 53.6 Å². The van der Waals surface area contributed by atoms with E-state index in [1.54, 1.807) is 24.3 Å². The van der Waals surface area contributed by atoms with E-state index in [1.165, 1.54) is 26.0 Å². The fourth-order valence-electron chi connectivity index (χ4n) is 5.60. The molecule has 1 fully saturated rings. The van der Waals surface area contributed by atoms with E-state index in [0.29, 0.717) is 29.8 Å². The first-order chi connectivity index (χ1) is 18.7. The Balaban J connectivity index is 1.48. The van der Waals surface area contributed by atoms with E-state index >= 15 is 4.39 Å². The van der Waals surface area contributed by atoms with Gasteiger partial charge in [-0.1, -0.05) is 24.3 Å². The lowest BCUT2D eigenvalue weighted by Crippen LogP contribution is -2.53. The van der Waals surface area contributed by atoms with Crippen LogP contribution in [0.3, 0.4) is 0 Å². The van der Waals surface area contributed by atoms with E-state index < -0.39 is 23.2 Å². The van der Waals surface area contributed by atoms with Crippen molar-refractivity contribution in [2.75, 3.05) is 13.1 Å². The number of benzene rings is 3. The standard InChI is InChI=1S/C30H25F2N5O2/c1-30(2,32)26(22-11-23(13-25(31)12-22)28-35-36-29(38)39-28)24-16-37(17-24)27(20-8-6-18(14-33)7-9-20)21-5-3-4-19(10-21)15-34/h3-13,24,26-27H,16-17H2,1-2H3,(H,36,38)/t26-,27+/m1/s1. The van der Waals surface area contributed by atoms with Gasteiger partial charge in [0.25, 0.3) is 0 Å². The molecule has 39 heavy (non-hydrogen) atoms. The molecule has 7 nitrogen and oxygen atoms in total. The number of likely N-dealkylation sites (tertiary alicyclic amines) is 1. The topological polar surface area (TPSA) is 110 Å². The molecule has 1 N–H and O–H groups in total. The monoisotopic (exact) mass is 525 g/mol. The Kier molecular flexibility index (Phi) is 6.86. The Bertz CT molecular complexity index is 1630. The summed E-state index contributed by atoms with van der Waals surface area (Å²) < 4.78 is 35.4. The van der Waals surface area contributed by atoms with Crippen LogP contribution in [0.15, 0.2) is 75.9 Å². The SMILES string of the molecule is CC(C)(F)[C@H](c1cc(F)cc(-c2n[nH]c(=O)o2)c1)C1CN([C@@H](c2ccc(C#N)cc2)c2cccc(C#N)c2)C1. The molecule has 5 rings (SSSR count). The average Bonchev–Trinajstić information content (AvgIpc) is 3.33. The Morgan fingerprint density at radius 2 is 1.72 bits per heavy atom. The number of nitrogens with zero attached hydrogens (tertiary/aromatic N) is 4. The Morgan fingerprint density at radius 1 is 1.00 bits per heavy atom. The van der Waals surface area contributed by atoms with Gasteiger partial charge in [0.2, 0.25) is 5.89 Å². The molecule has 0 radical (unpaired) electrons. The highest BCUT2D eigenvalue weighted by Gasteiger charge is 2.45. The van der Waals surface area contributed by atoms with Gasteiger partial charge in [0.05, 0.1) is 29.3 Å². The van der Waals surface area contributed by atoms with Crippen molar-refractivity contribution in [3.63, 3.8) is 0 Å². The highest BCUT2D eigenvalue weighted by atomic mass is 19.1. The maximum absolute atomic E-state index is 15.7. The molecule has 0 unspecified atom stereocenters. The van der Waals surface area contributed by atoms with Crippen LogP contribution < -0.4 is 5.76 Å². The van der Waals surface area contributed by atoms with Crippen LogP contribution in [-0.2, 0) is 0 Å². The van der Waals surface area contributed by atoms with E-state index in [9.17, 15) is 19.7 Å². The summed E-state index contributed by atoms with van der Waals surface area (Å²) in [4.78, 5) is 13.6. The Hall–Kier alpha value is -4.60. The summed E-state index contributed by atoms with van der Waals surface area (Å²) >= 11 is 0. The Labute approximate surface area is 223 Å². The first-order valence-electron chi connectivity index (χ1n) is 12.5. The normalized spacial score (nSPS) is 15.6. The van der Waals surface area contributed by atoms with Gasteiger partial charge in [-0.2, -0.15) is 10.5 Å². The number of rotatable bonds is 7. The summed E-state index contributed by atoms with van der Waals surface area (Å²) in [6.45, 7) is 3.99. The van der Waals surface area contributed by atoms with E-state index in [1.807, 2.05) is 30.3 Å². The van der Waals surface area contributed by atoms with Crippen molar-refractivity contribution < 1.29 is 13.2 Å². The minimum absolute atomic E-state index is 0.0651. The predicted octanol–water partition coefficient (Wildman–Crippen LogP) is 5.47. The molecule has 1 aliphatic rings. The molecule has 1 aromatic heterocycles. The largest absolute Gasteiger partial charge is 0.434 e. The van der Waals surface area contributed by atoms with E-state index in [4.69, 9.17) is 4.42 Å². The van der Waals surface area contributed by atoms with E-state index in [2.05, 4.69) is 27.2 Å². The first kappa shape index (κ1) is 26.0. The van der Waals surface area contributed by atoms with Crippen molar-refractivity contribution in [1.29, 1.82) is 10.5 Å². The second kappa shape index (κ2) is 10.3. The minimum atomic E-state index is -1.68. The van der Waals surface area contributed by atoms with Gasteiger partial charge in [-0.25, -0.2) is 18.7 Å². The van der Waals surface area contributed by atoms with Crippen LogP contribution in [0.4, 0.5) is 8.78 Å². The molecule has 0 spiro atoms. The predicted molar refractivity (Wildman–Crippen MR) is 140 cm³/mol. The summed E-state index contributed by atoms with van der Waals surface area (Å²) in [6.07, 6.45) is 0. The first-order valence-corrected chi connectivity index (χ1v) is 12.5. The molecule has 4 aromatic rings. The lowest BCUT2D eigenvalue weighted by molar-refractivity contribution is 0.00813. The number of hydrogen-bond acceptors (Lipinski definition) is 6. The van der Waals surface area contributed by atoms with Gasteiger partial charge >= 0.3 is 5.76 Å². The second-order valence-corrected chi connectivity index (χ2v) is 10.3. The zero-order valence-corrected chi connectivity index (χ0v) is 21.4. The number of hydrogen-bond donors (Lipinski definition) is 1. The summed E-state index contributed by atoms with van der Waals surface area (Å²) in [7, 11) is 0. The third-order valence-electron chi connectivity index (χ3n) is 7.17. The quantitative estimate of drug-likeness (QED) is 0.343. The fourth-order valence-corrected chi connectivity index (χ4v) is 5.60. The molecular weight excluding hydrogens is 500 g/mol. The Morgan fingerprint density at radius 3 is 2.33 bits per heavy atom. The molecule has 0 aliphatic carbocycles. The molecule has 2 heterocycles. The van der Waals surface area contributed by atoms with Gasteiger partial charge in [-0.05, 0) is 78.9 Å². The lowest BCUT2D eigenvalue weighted by Gasteiger charge is -2.50. The summed E-state index contributed by atoms with van der Waals surface area (Å²) in [5.41, 5.74) is 1.95. The van der Waals surface area contributed by atoms with Crippen LogP contribution in [0.25, 0.3) is 11.5 Å². The van der Waals surface area contributed by atoms with Gasteiger partial charge < -0.3 is 4.42 Å². The number of aromatic nitrogens is 2. The molecule has 196 valence electrons. The van der Waals surface area contributed by atoms with Crippen molar-refractivity contribution >= 4 is 0 Å². The van der Waals surface area contributed by atoms with Crippen molar-refractivity contribution in [3.05, 3.63) is 111 Å². The zero-order chi connectivity index (χ0) is 27.7. The van der Waals surface area contributed by atoms with Crippen LogP contribution in [-0.4, -0.2) is 33.9 Å². The summed E-state index contributed by atoms with van der Waals surface area (Å²) in [5.74, 6) is -2.21. The molecule has 9 heteroatoms. The van der Waals surface area contributed by atoms with Crippen molar-refractivity contribution in [1.82, 2.24) is 15.1 Å². The number of aromatic amines is 1. The van der Waals surface area contributed by atoms with Gasteiger partial charge in [-0.15, -0.1) is 5.10 Å². The molecule has 2 atom stereocenters. The van der Waals surface area contributed by atoms with Crippen molar-refractivity contribution in [2.24, 2.45) is 5.92 Å². The van der Waals surface area contributed by atoms with Crippen LogP contribution >= 0.6 is 0 Å². The van der Waals surface area contributed by atoms with Gasteiger partial charge in [0, 0.05) is 24.6 Å². The van der Waals surface area contributed by atoms with Crippen LogP contribution in [0.2, 0.25) is 0 Å². The summed E-state index contributed by atoms with van der Waals surface area (Å²) in [6, 6.07) is 22.9. The zero-order valence-electron chi connectivity index (χ0n) is 21.4. The number of nitrogens with one attached hydrogen (secondary N) is 1. The van der Waals surface area contributed by atoms with Gasteiger partial charge in [0.15, 0.2) is 0 Å². The molecule has 1 saturated heterocycles. The van der Waals surface area contributed by atoms with Crippen LogP contribution in [0.5, 0.6) is 0 Å². The maximum Gasteiger partial charge on any atom is 0.434 e. The van der Waals surface area contributed by atoms with Gasteiger partial charge in [-0.3, -0.25) is 4.90 Å². The van der Waals surface area contributed by atoms with E-state index in [-0.39, 0.29) is 23.4 Å². The average molecular weight is 526 g/mol. The maximum atomic E-state index is 15.7.